The molecule has 6 heteroatoms. The predicted molar refractivity (Wildman–Crippen MR) is 124 cm³/mol. The van der Waals surface area contributed by atoms with Gasteiger partial charge in [-0.2, -0.15) is 5.10 Å². The van der Waals surface area contributed by atoms with Crippen LogP contribution in [0, 0.1) is 6.92 Å². The van der Waals surface area contributed by atoms with Crippen molar-refractivity contribution in [2.45, 2.75) is 20.3 Å². The fraction of sp³-hybridized carbons (Fsp3) is 0.200. The summed E-state index contributed by atoms with van der Waals surface area (Å²) in [7, 11) is 0. The van der Waals surface area contributed by atoms with Crippen molar-refractivity contribution in [2.24, 2.45) is 5.10 Å². The Balaban J connectivity index is 1.49. The number of para-hydroxylation sites is 2. The molecule has 2 amide bonds. The maximum absolute atomic E-state index is 11.9. The van der Waals surface area contributed by atoms with Crippen LogP contribution in [0.25, 0.3) is 0 Å². The Morgan fingerprint density at radius 3 is 2.52 bits per heavy atom. The lowest BCUT2D eigenvalue weighted by Crippen LogP contribution is -2.24. The topological polar surface area (TPSA) is 72.0 Å². The molecule has 0 atom stereocenters. The molecule has 0 radical (unpaired) electrons. The molecule has 0 bridgehead atoms. The molecule has 0 saturated heterocycles. The van der Waals surface area contributed by atoms with Gasteiger partial charge in [0, 0.05) is 11.3 Å². The first kappa shape index (κ1) is 21.9. The summed E-state index contributed by atoms with van der Waals surface area (Å²) in [5.41, 5.74) is 6.33. The van der Waals surface area contributed by atoms with Gasteiger partial charge in [-0.3, -0.25) is 0 Å². The summed E-state index contributed by atoms with van der Waals surface area (Å²) in [5.74, 6) is 1.52. The van der Waals surface area contributed by atoms with E-state index in [1.54, 1.807) is 18.3 Å². The standard InChI is InChI=1S/C25H27N3O3/c1-3-20-15-19(2)16-23(17-20)30-13-14-31-24-12-8-7-9-21(24)18-26-28-25(29)27-22-10-5-4-6-11-22/h4-12,15-18H,3,13-14H2,1-2H3,(H2,27,28,29)/b26-18+. The highest BCUT2D eigenvalue weighted by Crippen LogP contribution is 2.18. The van der Waals surface area contributed by atoms with E-state index in [2.05, 4.69) is 41.8 Å². The summed E-state index contributed by atoms with van der Waals surface area (Å²) in [6, 6.07) is 22.5. The van der Waals surface area contributed by atoms with E-state index >= 15 is 0 Å². The largest absolute Gasteiger partial charge is 0.490 e. The summed E-state index contributed by atoms with van der Waals surface area (Å²) in [6.45, 7) is 5.00. The number of carbonyl (C=O) groups is 1. The van der Waals surface area contributed by atoms with E-state index in [-0.39, 0.29) is 0 Å². The molecule has 0 aliphatic heterocycles. The number of ether oxygens (including phenoxy) is 2. The Labute approximate surface area is 182 Å². The van der Waals surface area contributed by atoms with Crippen LogP contribution >= 0.6 is 0 Å². The third-order valence-electron chi connectivity index (χ3n) is 4.45. The SMILES string of the molecule is CCc1cc(C)cc(OCCOc2ccccc2/C=N/NC(=O)Nc2ccccc2)c1. The molecule has 3 rings (SSSR count). The van der Waals surface area contributed by atoms with Gasteiger partial charge in [0.1, 0.15) is 24.7 Å². The van der Waals surface area contributed by atoms with Crippen molar-refractivity contribution in [3.63, 3.8) is 0 Å². The maximum atomic E-state index is 11.9. The van der Waals surface area contributed by atoms with Crippen molar-refractivity contribution in [3.05, 3.63) is 89.5 Å². The lowest BCUT2D eigenvalue weighted by atomic mass is 10.1. The fourth-order valence-corrected chi connectivity index (χ4v) is 2.98. The zero-order chi connectivity index (χ0) is 21.9. The second kappa shape index (κ2) is 11.4. The van der Waals surface area contributed by atoms with Crippen molar-refractivity contribution in [3.8, 4) is 11.5 Å². The number of nitrogens with zero attached hydrogens (tertiary/aromatic N) is 1. The van der Waals surface area contributed by atoms with Crippen LogP contribution < -0.4 is 20.2 Å². The van der Waals surface area contributed by atoms with Crippen molar-refractivity contribution < 1.29 is 14.3 Å². The average Bonchev–Trinajstić information content (AvgIpc) is 2.78. The highest BCUT2D eigenvalue weighted by molar-refractivity contribution is 5.90. The Kier molecular flexibility index (Phi) is 8.05. The number of nitrogens with one attached hydrogen (secondary N) is 2. The molecule has 0 saturated carbocycles. The van der Waals surface area contributed by atoms with E-state index in [1.807, 2.05) is 48.5 Å². The molecule has 0 aliphatic rings. The van der Waals surface area contributed by atoms with Crippen LogP contribution in [0.15, 0.2) is 77.9 Å². The third-order valence-corrected chi connectivity index (χ3v) is 4.45. The molecular weight excluding hydrogens is 390 g/mol. The minimum absolute atomic E-state index is 0.391. The molecule has 0 aromatic heterocycles. The summed E-state index contributed by atoms with van der Waals surface area (Å²) in [4.78, 5) is 11.9. The molecule has 3 aromatic carbocycles. The minimum atomic E-state index is -0.418. The lowest BCUT2D eigenvalue weighted by molar-refractivity contribution is 0.217. The minimum Gasteiger partial charge on any atom is -0.490 e. The lowest BCUT2D eigenvalue weighted by Gasteiger charge is -2.11. The molecule has 0 fully saturated rings. The first-order chi connectivity index (χ1) is 15.1. The first-order valence-electron chi connectivity index (χ1n) is 10.2. The highest BCUT2D eigenvalue weighted by Gasteiger charge is 2.03. The van der Waals surface area contributed by atoms with Gasteiger partial charge in [-0.15, -0.1) is 0 Å². The molecule has 2 N–H and O–H groups in total. The van der Waals surface area contributed by atoms with E-state index in [1.165, 1.54) is 11.1 Å². The fourth-order valence-electron chi connectivity index (χ4n) is 2.98. The van der Waals surface area contributed by atoms with Crippen LogP contribution in [0.5, 0.6) is 11.5 Å². The molecule has 160 valence electrons. The molecule has 0 aliphatic carbocycles. The van der Waals surface area contributed by atoms with Crippen LogP contribution in [-0.4, -0.2) is 25.5 Å². The molecule has 0 spiro atoms. The molecule has 3 aromatic rings. The second-order valence-corrected chi connectivity index (χ2v) is 6.93. The van der Waals surface area contributed by atoms with E-state index in [4.69, 9.17) is 9.47 Å². The number of rotatable bonds is 9. The molecule has 6 nitrogen and oxygen atoms in total. The molecule has 0 unspecified atom stereocenters. The summed E-state index contributed by atoms with van der Waals surface area (Å²) in [5, 5.41) is 6.71. The van der Waals surface area contributed by atoms with Gasteiger partial charge in [0.15, 0.2) is 0 Å². The van der Waals surface area contributed by atoms with Crippen molar-refractivity contribution in [1.82, 2.24) is 5.43 Å². The third kappa shape index (κ3) is 7.19. The van der Waals surface area contributed by atoms with Crippen molar-refractivity contribution >= 4 is 17.9 Å². The van der Waals surface area contributed by atoms with Gasteiger partial charge in [-0.25, -0.2) is 10.2 Å². The quantitative estimate of drug-likeness (QED) is 0.287. The summed E-state index contributed by atoms with van der Waals surface area (Å²) in [6.07, 6.45) is 2.52. The van der Waals surface area contributed by atoms with Gasteiger partial charge in [0.2, 0.25) is 0 Å². The Morgan fingerprint density at radius 1 is 0.968 bits per heavy atom. The van der Waals surface area contributed by atoms with E-state index in [0.717, 1.165) is 17.7 Å². The van der Waals surface area contributed by atoms with Gasteiger partial charge in [-0.05, 0) is 60.9 Å². The molecular formula is C25H27N3O3. The second-order valence-electron chi connectivity index (χ2n) is 6.93. The number of hydrogen-bond acceptors (Lipinski definition) is 4. The van der Waals surface area contributed by atoms with Crippen LogP contribution in [-0.2, 0) is 6.42 Å². The summed E-state index contributed by atoms with van der Waals surface area (Å²) < 4.78 is 11.7. The normalized spacial score (nSPS) is 10.6. The number of anilines is 1. The molecule has 31 heavy (non-hydrogen) atoms. The van der Waals surface area contributed by atoms with Crippen LogP contribution in [0.1, 0.15) is 23.6 Å². The van der Waals surface area contributed by atoms with E-state index in [9.17, 15) is 4.79 Å². The average molecular weight is 418 g/mol. The predicted octanol–water partition coefficient (Wildman–Crippen LogP) is 5.17. The Bertz CT molecular complexity index is 1020. The van der Waals surface area contributed by atoms with Gasteiger partial charge >= 0.3 is 6.03 Å². The van der Waals surface area contributed by atoms with E-state index < -0.39 is 6.03 Å². The number of hydrogen-bond donors (Lipinski definition) is 2. The number of benzene rings is 3. The van der Waals surface area contributed by atoms with Crippen molar-refractivity contribution in [2.75, 3.05) is 18.5 Å². The number of amides is 2. The number of aryl methyl sites for hydroxylation is 2. The van der Waals surface area contributed by atoms with Gasteiger partial charge in [0.25, 0.3) is 0 Å². The maximum Gasteiger partial charge on any atom is 0.339 e. The Hall–Kier alpha value is -3.80. The van der Waals surface area contributed by atoms with Crippen LogP contribution in [0.4, 0.5) is 10.5 Å². The first-order valence-corrected chi connectivity index (χ1v) is 10.2. The smallest absolute Gasteiger partial charge is 0.339 e. The Morgan fingerprint density at radius 2 is 1.71 bits per heavy atom. The van der Waals surface area contributed by atoms with Crippen molar-refractivity contribution in [1.29, 1.82) is 0 Å². The zero-order valence-corrected chi connectivity index (χ0v) is 17.8. The monoisotopic (exact) mass is 417 g/mol. The zero-order valence-electron chi connectivity index (χ0n) is 17.8. The number of carbonyl (C=O) groups excluding carboxylic acids is 1. The number of hydrazone groups is 1. The van der Waals surface area contributed by atoms with Gasteiger partial charge in [-0.1, -0.05) is 43.3 Å². The molecule has 0 heterocycles. The highest BCUT2D eigenvalue weighted by atomic mass is 16.5. The van der Waals surface area contributed by atoms with Gasteiger partial charge in [0.05, 0.1) is 6.21 Å². The van der Waals surface area contributed by atoms with Crippen LogP contribution in [0.2, 0.25) is 0 Å². The number of urea groups is 1. The summed E-state index contributed by atoms with van der Waals surface area (Å²) >= 11 is 0. The van der Waals surface area contributed by atoms with Crippen LogP contribution in [0.3, 0.4) is 0 Å². The van der Waals surface area contributed by atoms with E-state index in [0.29, 0.717) is 24.7 Å². The van der Waals surface area contributed by atoms with Gasteiger partial charge < -0.3 is 14.8 Å².